The van der Waals surface area contributed by atoms with E-state index in [2.05, 4.69) is 19.2 Å². The van der Waals surface area contributed by atoms with Crippen molar-refractivity contribution in [3.05, 3.63) is 29.3 Å². The molecule has 144 valence electrons. The molecule has 6 heteroatoms. The molecule has 1 aromatic rings. The van der Waals surface area contributed by atoms with Crippen molar-refractivity contribution in [1.29, 1.82) is 0 Å². The van der Waals surface area contributed by atoms with E-state index in [1.165, 1.54) is 0 Å². The second-order valence-corrected chi connectivity index (χ2v) is 8.05. The SMILES string of the molecule is Cc1ccc(C(C)C)c(OC(C)(C)C(=O)N[C@H]2CO[C@H]3[C@@H]2OC[C@H]3O)c1. The minimum absolute atomic E-state index is 0.229. The minimum atomic E-state index is -1.05. The Morgan fingerprint density at radius 2 is 1.96 bits per heavy atom. The molecule has 1 amide bonds. The first kappa shape index (κ1) is 19.1. The van der Waals surface area contributed by atoms with E-state index in [0.717, 1.165) is 16.9 Å². The zero-order valence-corrected chi connectivity index (χ0v) is 16.1. The Morgan fingerprint density at radius 1 is 1.27 bits per heavy atom. The highest BCUT2D eigenvalue weighted by Gasteiger charge is 2.48. The number of fused-ring (bicyclic) bond motifs is 1. The molecule has 0 saturated carbocycles. The van der Waals surface area contributed by atoms with Gasteiger partial charge in [0.1, 0.15) is 24.1 Å². The molecule has 2 aliphatic heterocycles. The van der Waals surface area contributed by atoms with Gasteiger partial charge in [-0.2, -0.15) is 0 Å². The lowest BCUT2D eigenvalue weighted by Crippen LogP contribution is -2.53. The van der Waals surface area contributed by atoms with E-state index in [4.69, 9.17) is 14.2 Å². The van der Waals surface area contributed by atoms with Crippen molar-refractivity contribution in [2.45, 2.75) is 70.5 Å². The van der Waals surface area contributed by atoms with Crippen molar-refractivity contribution in [3.8, 4) is 5.75 Å². The van der Waals surface area contributed by atoms with E-state index < -0.39 is 11.7 Å². The van der Waals surface area contributed by atoms with E-state index in [1.807, 2.05) is 25.1 Å². The number of aliphatic hydroxyl groups is 1. The number of nitrogens with one attached hydrogen (secondary N) is 1. The molecule has 2 aliphatic rings. The molecule has 2 saturated heterocycles. The van der Waals surface area contributed by atoms with Crippen LogP contribution in [0.4, 0.5) is 0 Å². The Hall–Kier alpha value is -1.63. The zero-order valence-electron chi connectivity index (χ0n) is 16.1. The average Bonchev–Trinajstić information content (AvgIpc) is 3.10. The van der Waals surface area contributed by atoms with Crippen LogP contribution in [0.5, 0.6) is 5.75 Å². The molecule has 0 spiro atoms. The van der Waals surface area contributed by atoms with Gasteiger partial charge in [-0.15, -0.1) is 0 Å². The molecule has 2 fully saturated rings. The number of hydrogen-bond donors (Lipinski definition) is 2. The molecule has 0 unspecified atom stereocenters. The van der Waals surface area contributed by atoms with Crippen LogP contribution < -0.4 is 10.1 Å². The normalized spacial score (nSPS) is 28.3. The fraction of sp³-hybridized carbons (Fsp3) is 0.650. The van der Waals surface area contributed by atoms with Crippen LogP contribution in [-0.2, 0) is 14.3 Å². The maximum atomic E-state index is 12.9. The maximum Gasteiger partial charge on any atom is 0.263 e. The van der Waals surface area contributed by atoms with Gasteiger partial charge in [0.2, 0.25) is 0 Å². The summed E-state index contributed by atoms with van der Waals surface area (Å²) < 4.78 is 17.3. The van der Waals surface area contributed by atoms with Crippen molar-refractivity contribution < 1.29 is 24.1 Å². The van der Waals surface area contributed by atoms with Crippen LogP contribution in [0.3, 0.4) is 0 Å². The van der Waals surface area contributed by atoms with E-state index in [-0.39, 0.29) is 30.8 Å². The highest BCUT2D eigenvalue weighted by Crippen LogP contribution is 2.31. The third-order valence-corrected chi connectivity index (χ3v) is 5.05. The lowest BCUT2D eigenvalue weighted by atomic mass is 9.99. The second-order valence-electron chi connectivity index (χ2n) is 8.05. The third-order valence-electron chi connectivity index (χ3n) is 5.05. The molecule has 0 radical (unpaired) electrons. The molecule has 1 aromatic carbocycles. The quantitative estimate of drug-likeness (QED) is 0.836. The summed E-state index contributed by atoms with van der Waals surface area (Å²) in [6, 6.07) is 5.78. The number of ether oxygens (including phenoxy) is 3. The number of benzene rings is 1. The summed E-state index contributed by atoms with van der Waals surface area (Å²) in [6.45, 7) is 10.3. The lowest BCUT2D eigenvalue weighted by molar-refractivity contribution is -0.135. The standard InChI is InChI=1S/C20H29NO5/c1-11(2)13-7-6-12(3)8-16(13)26-20(4,5)19(23)21-14-9-24-18-15(22)10-25-17(14)18/h6-8,11,14-15,17-18,22H,9-10H2,1-5H3,(H,21,23)/t14-,15+,17+,18+/m0/s1. The maximum absolute atomic E-state index is 12.9. The number of aryl methyl sites for hydroxylation is 1. The van der Waals surface area contributed by atoms with Crippen LogP contribution in [0.1, 0.15) is 44.7 Å². The van der Waals surface area contributed by atoms with Crippen molar-refractivity contribution in [2.75, 3.05) is 13.2 Å². The molecule has 4 atom stereocenters. The van der Waals surface area contributed by atoms with Gasteiger partial charge >= 0.3 is 0 Å². The summed E-state index contributed by atoms with van der Waals surface area (Å²) in [5.41, 5.74) is 1.11. The van der Waals surface area contributed by atoms with Gasteiger partial charge in [-0.1, -0.05) is 26.0 Å². The highest BCUT2D eigenvalue weighted by atomic mass is 16.6. The van der Waals surface area contributed by atoms with Crippen LogP contribution in [0.2, 0.25) is 0 Å². The molecule has 2 heterocycles. The van der Waals surface area contributed by atoms with E-state index in [0.29, 0.717) is 12.5 Å². The zero-order chi connectivity index (χ0) is 19.1. The van der Waals surface area contributed by atoms with E-state index in [9.17, 15) is 9.90 Å². The Labute approximate surface area is 154 Å². The number of aliphatic hydroxyl groups excluding tert-OH is 1. The summed E-state index contributed by atoms with van der Waals surface area (Å²) in [5.74, 6) is 0.794. The monoisotopic (exact) mass is 363 g/mol. The van der Waals surface area contributed by atoms with Crippen LogP contribution in [-0.4, -0.2) is 54.2 Å². The first-order valence-electron chi connectivity index (χ1n) is 9.21. The largest absolute Gasteiger partial charge is 0.478 e. The van der Waals surface area contributed by atoms with Gasteiger partial charge in [0, 0.05) is 0 Å². The van der Waals surface area contributed by atoms with Crippen molar-refractivity contribution in [1.82, 2.24) is 5.32 Å². The summed E-state index contributed by atoms with van der Waals surface area (Å²) >= 11 is 0. The van der Waals surface area contributed by atoms with Crippen LogP contribution in [0.15, 0.2) is 18.2 Å². The topological polar surface area (TPSA) is 77.0 Å². The number of amides is 1. The number of carbonyl (C=O) groups excluding carboxylic acids is 1. The summed E-state index contributed by atoms with van der Waals surface area (Å²) in [4.78, 5) is 12.9. The smallest absolute Gasteiger partial charge is 0.263 e. The first-order chi connectivity index (χ1) is 12.2. The Bertz CT molecular complexity index is 672. The molecule has 0 aromatic heterocycles. The Kier molecular flexibility index (Phi) is 5.28. The Balaban J connectivity index is 1.70. The number of rotatable bonds is 5. The van der Waals surface area contributed by atoms with Gasteiger partial charge in [-0.25, -0.2) is 0 Å². The average molecular weight is 363 g/mol. The van der Waals surface area contributed by atoms with Gasteiger partial charge in [-0.05, 0) is 43.9 Å². The fourth-order valence-corrected chi connectivity index (χ4v) is 3.47. The molecule has 0 bridgehead atoms. The molecular formula is C20H29NO5. The van der Waals surface area contributed by atoms with Crippen molar-refractivity contribution in [3.63, 3.8) is 0 Å². The van der Waals surface area contributed by atoms with E-state index in [1.54, 1.807) is 13.8 Å². The second kappa shape index (κ2) is 7.18. The Morgan fingerprint density at radius 3 is 2.65 bits per heavy atom. The summed E-state index contributed by atoms with van der Waals surface area (Å²) in [6.07, 6.45) is -1.31. The predicted molar refractivity (Wildman–Crippen MR) is 97.4 cm³/mol. The highest BCUT2D eigenvalue weighted by molar-refractivity contribution is 5.85. The molecule has 26 heavy (non-hydrogen) atoms. The molecule has 3 rings (SSSR count). The van der Waals surface area contributed by atoms with Crippen LogP contribution in [0.25, 0.3) is 0 Å². The van der Waals surface area contributed by atoms with Gasteiger partial charge in [0.15, 0.2) is 5.60 Å². The third kappa shape index (κ3) is 3.72. The van der Waals surface area contributed by atoms with Crippen LogP contribution >= 0.6 is 0 Å². The van der Waals surface area contributed by atoms with Crippen molar-refractivity contribution in [2.24, 2.45) is 0 Å². The minimum Gasteiger partial charge on any atom is -0.478 e. The fourth-order valence-electron chi connectivity index (χ4n) is 3.47. The van der Waals surface area contributed by atoms with Gasteiger partial charge in [-0.3, -0.25) is 4.79 Å². The summed E-state index contributed by atoms with van der Waals surface area (Å²) in [5, 5.41) is 12.8. The predicted octanol–water partition coefficient (Wildman–Crippen LogP) is 1.92. The molecule has 0 aliphatic carbocycles. The molecular weight excluding hydrogens is 334 g/mol. The number of carbonyl (C=O) groups is 1. The number of hydrogen-bond acceptors (Lipinski definition) is 5. The lowest BCUT2D eigenvalue weighted by Gasteiger charge is -2.29. The molecule has 2 N–H and O–H groups in total. The van der Waals surface area contributed by atoms with Crippen molar-refractivity contribution >= 4 is 5.91 Å². The molecule has 6 nitrogen and oxygen atoms in total. The van der Waals surface area contributed by atoms with Gasteiger partial charge < -0.3 is 24.6 Å². The van der Waals surface area contributed by atoms with Gasteiger partial charge in [0.05, 0.1) is 19.3 Å². The van der Waals surface area contributed by atoms with Crippen LogP contribution in [0, 0.1) is 6.92 Å². The summed E-state index contributed by atoms with van der Waals surface area (Å²) in [7, 11) is 0. The van der Waals surface area contributed by atoms with Gasteiger partial charge in [0.25, 0.3) is 5.91 Å². The first-order valence-corrected chi connectivity index (χ1v) is 9.21. The van der Waals surface area contributed by atoms with E-state index >= 15 is 0 Å².